The van der Waals surface area contributed by atoms with Crippen LogP contribution in [0, 0.1) is 5.92 Å². The van der Waals surface area contributed by atoms with Crippen molar-refractivity contribution in [2.45, 2.75) is 38.6 Å². The van der Waals surface area contributed by atoms with Crippen LogP contribution >= 0.6 is 23.2 Å². The highest BCUT2D eigenvalue weighted by molar-refractivity contribution is 6.37. The Morgan fingerprint density at radius 3 is 2.42 bits per heavy atom. The molecule has 174 valence electrons. The van der Waals surface area contributed by atoms with E-state index in [1.807, 2.05) is 12.1 Å². The Hall–Kier alpha value is -2.41. The second-order valence-electron chi connectivity index (χ2n) is 9.23. The summed E-state index contributed by atoms with van der Waals surface area (Å²) in [7, 11) is 4.40. The Morgan fingerprint density at radius 1 is 1.15 bits per heavy atom. The Kier molecular flexibility index (Phi) is 7.07. The number of fused-ring (bicyclic) bond motifs is 1. The topological polar surface area (TPSA) is 79.5 Å². The molecule has 6 nitrogen and oxygen atoms in total. The number of carbonyl (C=O) groups is 1. The van der Waals surface area contributed by atoms with E-state index in [0.29, 0.717) is 27.9 Å². The first kappa shape index (κ1) is 23.7. The fraction of sp³-hybridized carbons (Fsp3) is 0.400. The van der Waals surface area contributed by atoms with Crippen LogP contribution in [0.2, 0.25) is 10.0 Å². The highest BCUT2D eigenvalue weighted by Crippen LogP contribution is 2.37. The number of aromatic nitrogens is 2. The molecule has 0 amide bonds. The molecule has 0 radical (unpaired) electrons. The minimum atomic E-state index is -0.155. The molecule has 0 saturated heterocycles. The lowest BCUT2D eigenvalue weighted by Gasteiger charge is -2.30. The Bertz CT molecular complexity index is 1170. The van der Waals surface area contributed by atoms with Crippen molar-refractivity contribution in [3.8, 4) is 17.0 Å². The number of phenolic OH excluding ortho intramolecular Hbond substituents is 1. The summed E-state index contributed by atoms with van der Waals surface area (Å²) in [6.45, 7) is 2.74. The van der Waals surface area contributed by atoms with Gasteiger partial charge in [-0.2, -0.15) is 0 Å². The first-order valence-electron chi connectivity index (χ1n) is 11.3. The molecule has 3 aromatic rings. The second kappa shape index (κ2) is 9.84. The molecule has 1 aromatic carbocycles. The molecular weight excluding hydrogens is 459 g/mol. The van der Waals surface area contributed by atoms with E-state index in [9.17, 15) is 9.90 Å². The zero-order valence-corrected chi connectivity index (χ0v) is 20.6. The summed E-state index contributed by atoms with van der Waals surface area (Å²) in [6, 6.07) is 7.24. The van der Waals surface area contributed by atoms with Gasteiger partial charge in [-0.05, 0) is 56.9 Å². The molecule has 0 unspecified atom stereocenters. The van der Waals surface area contributed by atoms with E-state index in [0.717, 1.165) is 24.4 Å². The molecule has 2 aromatic heterocycles. The van der Waals surface area contributed by atoms with Crippen molar-refractivity contribution < 1.29 is 14.8 Å². The molecule has 1 fully saturated rings. The molecular formula is C25H29Cl2N4O2+. The van der Waals surface area contributed by atoms with E-state index in [4.69, 9.17) is 28.2 Å². The van der Waals surface area contributed by atoms with Gasteiger partial charge in [-0.1, -0.05) is 23.2 Å². The number of phenols is 1. The Balaban J connectivity index is 1.71. The van der Waals surface area contributed by atoms with E-state index in [2.05, 4.69) is 24.4 Å². The van der Waals surface area contributed by atoms with Crippen molar-refractivity contribution in [1.82, 2.24) is 9.97 Å². The molecule has 0 aliphatic heterocycles. The number of halogens is 2. The molecule has 4 rings (SSSR count). The van der Waals surface area contributed by atoms with Crippen molar-refractivity contribution in [2.24, 2.45) is 5.92 Å². The first-order valence-corrected chi connectivity index (χ1v) is 12.0. The van der Waals surface area contributed by atoms with Crippen LogP contribution in [-0.4, -0.2) is 47.5 Å². The summed E-state index contributed by atoms with van der Waals surface area (Å²) in [5.41, 5.74) is 3.92. The number of pyridine rings is 2. The van der Waals surface area contributed by atoms with Crippen molar-refractivity contribution in [3.05, 3.63) is 46.1 Å². The molecule has 0 bridgehead atoms. The van der Waals surface area contributed by atoms with E-state index >= 15 is 0 Å². The predicted molar refractivity (Wildman–Crippen MR) is 134 cm³/mol. The number of aromatic hydroxyl groups is 1. The number of carbonyl (C=O) groups excluding carboxylic acids is 1. The van der Waals surface area contributed by atoms with Gasteiger partial charge in [-0.25, -0.2) is 4.98 Å². The van der Waals surface area contributed by atoms with Crippen LogP contribution in [0.4, 0.5) is 5.69 Å². The summed E-state index contributed by atoms with van der Waals surface area (Å²) in [5.74, 6) is 0.528. The molecule has 2 heterocycles. The van der Waals surface area contributed by atoms with E-state index in [1.54, 1.807) is 25.3 Å². The molecule has 33 heavy (non-hydrogen) atoms. The van der Waals surface area contributed by atoms with Crippen molar-refractivity contribution in [2.75, 3.05) is 26.0 Å². The van der Waals surface area contributed by atoms with E-state index in [1.165, 1.54) is 24.3 Å². The van der Waals surface area contributed by atoms with Crippen LogP contribution in [0.15, 0.2) is 30.5 Å². The van der Waals surface area contributed by atoms with Gasteiger partial charge in [-0.3, -0.25) is 9.78 Å². The predicted octanol–water partition coefficient (Wildman–Crippen LogP) is 4.63. The van der Waals surface area contributed by atoms with Gasteiger partial charge < -0.3 is 15.3 Å². The van der Waals surface area contributed by atoms with Crippen LogP contribution in [0.3, 0.4) is 0 Å². The third-order valence-electron chi connectivity index (χ3n) is 6.30. The van der Waals surface area contributed by atoms with Crippen LogP contribution < -0.4 is 10.2 Å². The number of quaternary nitrogens is 1. The van der Waals surface area contributed by atoms with Crippen LogP contribution in [0.5, 0.6) is 5.75 Å². The summed E-state index contributed by atoms with van der Waals surface area (Å²) in [4.78, 5) is 23.2. The third-order valence-corrected chi connectivity index (χ3v) is 6.87. The number of nitrogens with one attached hydrogen (secondary N) is 2. The maximum atomic E-state index is 12.4. The van der Waals surface area contributed by atoms with Crippen molar-refractivity contribution >= 4 is 45.7 Å². The highest BCUT2D eigenvalue weighted by Gasteiger charge is 2.25. The van der Waals surface area contributed by atoms with Gasteiger partial charge in [0.05, 0.1) is 53.1 Å². The van der Waals surface area contributed by atoms with Gasteiger partial charge in [0.1, 0.15) is 5.52 Å². The monoisotopic (exact) mass is 487 g/mol. The number of anilines is 1. The average molecular weight is 488 g/mol. The number of benzene rings is 1. The Labute approximate surface area is 203 Å². The third kappa shape index (κ3) is 5.24. The first-order chi connectivity index (χ1) is 15.7. The molecule has 1 aliphatic rings. The fourth-order valence-electron chi connectivity index (χ4n) is 4.65. The molecule has 3 N–H and O–H groups in total. The summed E-state index contributed by atoms with van der Waals surface area (Å²) < 4.78 is 0. The van der Waals surface area contributed by atoms with Gasteiger partial charge in [0.25, 0.3) is 0 Å². The average Bonchev–Trinajstić information content (AvgIpc) is 2.77. The number of ketones is 1. The molecule has 1 aliphatic carbocycles. The van der Waals surface area contributed by atoms with Crippen LogP contribution in [0.1, 0.15) is 43.0 Å². The zero-order valence-electron chi connectivity index (χ0n) is 19.1. The smallest absolute Gasteiger partial charge is 0.163 e. The van der Waals surface area contributed by atoms with Gasteiger partial charge in [0, 0.05) is 23.7 Å². The number of nitrogens with zero attached hydrogens (tertiary/aromatic N) is 2. The van der Waals surface area contributed by atoms with Crippen molar-refractivity contribution in [1.29, 1.82) is 0 Å². The second-order valence-corrected chi connectivity index (χ2v) is 10.0. The highest BCUT2D eigenvalue weighted by atomic mass is 35.5. The van der Waals surface area contributed by atoms with Crippen LogP contribution in [-0.2, 0) is 0 Å². The Morgan fingerprint density at radius 2 is 1.82 bits per heavy atom. The summed E-state index contributed by atoms with van der Waals surface area (Å²) in [5, 5.41) is 13.8. The number of hydrogen-bond donors (Lipinski definition) is 3. The van der Waals surface area contributed by atoms with Crippen LogP contribution in [0.25, 0.3) is 22.3 Å². The molecule has 1 saturated carbocycles. The lowest BCUT2D eigenvalue weighted by Crippen LogP contribution is -3.06. The fourth-order valence-corrected chi connectivity index (χ4v) is 5.13. The van der Waals surface area contributed by atoms with Gasteiger partial charge in [0.15, 0.2) is 11.5 Å². The minimum absolute atomic E-state index is 0.0558. The normalized spacial score (nSPS) is 18.6. The SMILES string of the molecule is CC(=O)c1cnc2ccc(-c3cc(Cl)c(O)c(Cl)c3)nc2c1NC1CCC(C[NH+](C)C)CC1. The molecule has 8 heteroatoms. The summed E-state index contributed by atoms with van der Waals surface area (Å²) in [6.07, 6.45) is 6.09. The number of Topliss-reactive ketones (excluding diaryl/α,β-unsaturated/α-hetero) is 1. The zero-order chi connectivity index (χ0) is 23.7. The largest absolute Gasteiger partial charge is 0.505 e. The minimum Gasteiger partial charge on any atom is -0.505 e. The van der Waals surface area contributed by atoms with Gasteiger partial charge in [0.2, 0.25) is 0 Å². The standard InChI is InChI=1S/C25H28Cl2N4O2/c1-14(32)18-12-28-22-9-8-21(16-10-19(26)25(33)20(27)11-16)30-24(22)23(18)29-17-6-4-15(5-7-17)13-31(2)3/h8-12,15,17,33H,4-7,13H2,1-3H3,(H,28,29)/p+1. The van der Waals surface area contributed by atoms with Crippen molar-refractivity contribution in [3.63, 3.8) is 0 Å². The quantitative estimate of drug-likeness (QED) is 0.441. The summed E-state index contributed by atoms with van der Waals surface area (Å²) >= 11 is 12.2. The maximum absolute atomic E-state index is 12.4. The lowest BCUT2D eigenvalue weighted by atomic mass is 9.85. The molecule has 0 spiro atoms. The molecule has 0 atom stereocenters. The van der Waals surface area contributed by atoms with Gasteiger partial charge in [-0.15, -0.1) is 0 Å². The number of hydrogen-bond acceptors (Lipinski definition) is 5. The lowest BCUT2D eigenvalue weighted by molar-refractivity contribution is -0.862. The maximum Gasteiger partial charge on any atom is 0.163 e. The van der Waals surface area contributed by atoms with E-state index in [-0.39, 0.29) is 27.6 Å². The van der Waals surface area contributed by atoms with E-state index < -0.39 is 0 Å². The number of rotatable bonds is 6. The van der Waals surface area contributed by atoms with Gasteiger partial charge >= 0.3 is 0 Å².